The second-order valence-corrected chi connectivity index (χ2v) is 8.17. The minimum absolute atomic E-state index is 0.286. The molecule has 1 unspecified atom stereocenters. The van der Waals surface area contributed by atoms with Crippen molar-refractivity contribution in [2.75, 3.05) is 6.26 Å². The second-order valence-electron chi connectivity index (χ2n) is 4.69. The first-order valence-corrected chi connectivity index (χ1v) is 8.62. The summed E-state index contributed by atoms with van der Waals surface area (Å²) in [6.07, 6.45) is 1.21. The number of hydrogen-bond donors (Lipinski definition) is 1. The largest absolute Gasteiger partial charge is 0.320 e. The zero-order chi connectivity index (χ0) is 14.2. The van der Waals surface area contributed by atoms with Crippen LogP contribution in [-0.4, -0.2) is 14.7 Å². The molecule has 102 valence electrons. The number of rotatable bonds is 3. The molecule has 0 aliphatic rings. The Labute approximate surface area is 118 Å². The molecule has 3 nitrogen and oxygen atoms in total. The van der Waals surface area contributed by atoms with Crippen molar-refractivity contribution in [2.45, 2.75) is 24.8 Å². The van der Waals surface area contributed by atoms with Crippen molar-refractivity contribution in [2.24, 2.45) is 5.73 Å². The van der Waals surface area contributed by atoms with Crippen LogP contribution in [0.1, 0.15) is 26.9 Å². The van der Waals surface area contributed by atoms with Gasteiger partial charge in [0, 0.05) is 16.0 Å². The van der Waals surface area contributed by atoms with Gasteiger partial charge in [-0.1, -0.05) is 12.1 Å². The van der Waals surface area contributed by atoms with E-state index in [9.17, 15) is 8.42 Å². The topological polar surface area (TPSA) is 60.2 Å². The Balaban J connectivity index is 2.45. The average molecular weight is 295 g/mol. The summed E-state index contributed by atoms with van der Waals surface area (Å²) in [6.45, 7) is 4.08. The Kier molecular flexibility index (Phi) is 3.80. The van der Waals surface area contributed by atoms with Crippen LogP contribution in [0.4, 0.5) is 0 Å². The Hall–Kier alpha value is -1.17. The molecule has 19 heavy (non-hydrogen) atoms. The molecule has 1 heterocycles. The summed E-state index contributed by atoms with van der Waals surface area (Å²) in [5.74, 6) is 0. The van der Waals surface area contributed by atoms with Crippen LogP contribution < -0.4 is 5.73 Å². The molecular weight excluding hydrogens is 278 g/mol. The summed E-state index contributed by atoms with van der Waals surface area (Å²) in [5, 5.41) is 0. The van der Waals surface area contributed by atoms with Gasteiger partial charge in [0.05, 0.1) is 10.9 Å². The molecule has 2 aromatic rings. The van der Waals surface area contributed by atoms with Gasteiger partial charge in [-0.05, 0) is 43.2 Å². The molecule has 0 spiro atoms. The van der Waals surface area contributed by atoms with Crippen molar-refractivity contribution >= 4 is 21.2 Å². The number of sulfone groups is 1. The van der Waals surface area contributed by atoms with Crippen molar-refractivity contribution in [1.29, 1.82) is 0 Å². The first-order valence-electron chi connectivity index (χ1n) is 5.91. The maximum atomic E-state index is 11.6. The van der Waals surface area contributed by atoms with Crippen LogP contribution in [0.15, 0.2) is 35.2 Å². The van der Waals surface area contributed by atoms with Crippen molar-refractivity contribution in [1.82, 2.24) is 0 Å². The van der Waals surface area contributed by atoms with Gasteiger partial charge in [0.2, 0.25) is 0 Å². The minimum atomic E-state index is -3.20. The number of nitrogens with two attached hydrogens (primary N) is 1. The van der Waals surface area contributed by atoms with Crippen LogP contribution in [0, 0.1) is 13.8 Å². The van der Waals surface area contributed by atoms with E-state index in [4.69, 9.17) is 5.73 Å². The lowest BCUT2D eigenvalue weighted by Crippen LogP contribution is -2.12. The van der Waals surface area contributed by atoms with Gasteiger partial charge in [-0.3, -0.25) is 0 Å². The summed E-state index contributed by atoms with van der Waals surface area (Å²) in [7, 11) is -3.20. The molecule has 0 radical (unpaired) electrons. The Morgan fingerprint density at radius 3 is 2.42 bits per heavy atom. The zero-order valence-electron chi connectivity index (χ0n) is 11.2. The van der Waals surface area contributed by atoms with E-state index in [2.05, 4.69) is 6.07 Å². The van der Waals surface area contributed by atoms with Crippen LogP contribution in [0.3, 0.4) is 0 Å². The molecule has 0 aliphatic carbocycles. The normalized spacial score (nSPS) is 13.5. The lowest BCUT2D eigenvalue weighted by molar-refractivity contribution is 0.601. The van der Waals surface area contributed by atoms with Crippen LogP contribution in [0.5, 0.6) is 0 Å². The average Bonchev–Trinajstić information content (AvgIpc) is 2.66. The first kappa shape index (κ1) is 14.2. The van der Waals surface area contributed by atoms with E-state index in [-0.39, 0.29) is 6.04 Å². The summed E-state index contributed by atoms with van der Waals surface area (Å²) in [4.78, 5) is 2.70. The Bertz CT molecular complexity index is 702. The monoisotopic (exact) mass is 295 g/mol. The molecule has 0 amide bonds. The highest BCUT2D eigenvalue weighted by Gasteiger charge is 2.16. The van der Waals surface area contributed by atoms with Crippen LogP contribution in [0.25, 0.3) is 0 Å². The van der Waals surface area contributed by atoms with Crippen molar-refractivity contribution < 1.29 is 8.42 Å². The van der Waals surface area contributed by atoms with E-state index in [0.717, 1.165) is 11.1 Å². The maximum absolute atomic E-state index is 11.6. The molecule has 5 heteroatoms. The molecule has 1 atom stereocenters. The lowest BCUT2D eigenvalue weighted by atomic mass is 10.0. The molecule has 0 aliphatic heterocycles. The Morgan fingerprint density at radius 2 is 1.89 bits per heavy atom. The van der Waals surface area contributed by atoms with Crippen LogP contribution in [-0.2, 0) is 9.84 Å². The van der Waals surface area contributed by atoms with E-state index in [1.54, 1.807) is 29.5 Å². The smallest absolute Gasteiger partial charge is 0.175 e. The standard InChI is InChI=1S/C14H17NO2S2/c1-9-7-13(10(2)18-9)14(15)11-5-4-6-12(8-11)19(3,16)17/h4-8,14H,15H2,1-3H3. The van der Waals surface area contributed by atoms with Crippen LogP contribution in [0.2, 0.25) is 0 Å². The third-order valence-corrected chi connectivity index (χ3v) is 5.15. The van der Waals surface area contributed by atoms with Crippen molar-refractivity contribution in [3.05, 3.63) is 51.2 Å². The molecule has 1 aromatic carbocycles. The summed E-state index contributed by atoms with van der Waals surface area (Å²) >= 11 is 1.70. The van der Waals surface area contributed by atoms with Gasteiger partial charge in [0.15, 0.2) is 9.84 Å². The maximum Gasteiger partial charge on any atom is 0.175 e. The number of benzene rings is 1. The van der Waals surface area contributed by atoms with E-state index >= 15 is 0 Å². The van der Waals surface area contributed by atoms with Crippen molar-refractivity contribution in [3.8, 4) is 0 Å². The highest BCUT2D eigenvalue weighted by molar-refractivity contribution is 7.90. The quantitative estimate of drug-likeness (QED) is 0.947. The van der Waals surface area contributed by atoms with Gasteiger partial charge >= 0.3 is 0 Å². The predicted octanol–water partition coefficient (Wildman–Crippen LogP) is 2.82. The molecule has 0 bridgehead atoms. The molecule has 0 fully saturated rings. The van der Waals surface area contributed by atoms with Gasteiger partial charge in [0.1, 0.15) is 0 Å². The van der Waals surface area contributed by atoms with Gasteiger partial charge in [-0.2, -0.15) is 0 Å². The summed E-state index contributed by atoms with van der Waals surface area (Å²) in [5.41, 5.74) is 8.14. The highest BCUT2D eigenvalue weighted by Crippen LogP contribution is 2.29. The molecule has 1 aromatic heterocycles. The van der Waals surface area contributed by atoms with Gasteiger partial charge < -0.3 is 5.73 Å². The zero-order valence-corrected chi connectivity index (χ0v) is 12.8. The first-order chi connectivity index (χ1) is 8.79. The van der Waals surface area contributed by atoms with Gasteiger partial charge in [-0.25, -0.2) is 8.42 Å². The fourth-order valence-electron chi connectivity index (χ4n) is 2.08. The minimum Gasteiger partial charge on any atom is -0.320 e. The molecule has 0 saturated heterocycles. The summed E-state index contributed by atoms with van der Waals surface area (Å²) < 4.78 is 23.2. The van der Waals surface area contributed by atoms with E-state index in [1.807, 2.05) is 19.9 Å². The third-order valence-electron chi connectivity index (χ3n) is 3.06. The number of thiophene rings is 1. The second kappa shape index (κ2) is 5.07. The Morgan fingerprint density at radius 1 is 1.21 bits per heavy atom. The predicted molar refractivity (Wildman–Crippen MR) is 79.4 cm³/mol. The number of aryl methyl sites for hydroxylation is 2. The molecule has 2 rings (SSSR count). The lowest BCUT2D eigenvalue weighted by Gasteiger charge is -2.13. The highest BCUT2D eigenvalue weighted by atomic mass is 32.2. The molecule has 0 saturated carbocycles. The van der Waals surface area contributed by atoms with E-state index in [1.165, 1.54) is 16.0 Å². The third kappa shape index (κ3) is 3.05. The fourth-order valence-corrected chi connectivity index (χ4v) is 3.73. The summed E-state index contributed by atoms with van der Waals surface area (Å²) in [6, 6.07) is 8.64. The van der Waals surface area contributed by atoms with E-state index < -0.39 is 9.84 Å². The number of hydrogen-bond acceptors (Lipinski definition) is 4. The fraction of sp³-hybridized carbons (Fsp3) is 0.286. The molecule has 2 N–H and O–H groups in total. The van der Waals surface area contributed by atoms with Crippen LogP contribution >= 0.6 is 11.3 Å². The van der Waals surface area contributed by atoms with Gasteiger partial charge in [-0.15, -0.1) is 11.3 Å². The van der Waals surface area contributed by atoms with E-state index in [0.29, 0.717) is 4.90 Å². The molecular formula is C14H17NO2S2. The van der Waals surface area contributed by atoms with Gasteiger partial charge in [0.25, 0.3) is 0 Å². The van der Waals surface area contributed by atoms with Crippen molar-refractivity contribution in [3.63, 3.8) is 0 Å². The SMILES string of the molecule is Cc1cc(C(N)c2cccc(S(C)(=O)=O)c2)c(C)s1.